The molecule has 1 aromatic carbocycles. The lowest BCUT2D eigenvalue weighted by molar-refractivity contribution is -0.141. The molecular weight excluding hydrogens is 408 g/mol. The van der Waals surface area contributed by atoms with Crippen molar-refractivity contribution in [1.29, 1.82) is 0 Å². The van der Waals surface area contributed by atoms with Gasteiger partial charge in [0.2, 0.25) is 17.7 Å². The molecule has 32 heavy (non-hydrogen) atoms. The summed E-state index contributed by atoms with van der Waals surface area (Å²) in [5.74, 6) is 0.796. The lowest BCUT2D eigenvalue weighted by Gasteiger charge is -2.24. The molecule has 0 N–H and O–H groups in total. The second kappa shape index (κ2) is 11.3. The minimum absolute atomic E-state index is 0.0485. The molecule has 7 nitrogen and oxygen atoms in total. The number of carbonyl (C=O) groups excluding carboxylic acids is 3. The van der Waals surface area contributed by atoms with Crippen molar-refractivity contribution in [2.45, 2.75) is 65.3 Å². The predicted molar refractivity (Wildman–Crippen MR) is 121 cm³/mol. The average Bonchev–Trinajstić information content (AvgIpc) is 3.06. The maximum atomic E-state index is 13.0. The fraction of sp³-hybridized carbons (Fsp3) is 0.640. The Hall–Kier alpha value is -2.57. The molecule has 1 aromatic rings. The van der Waals surface area contributed by atoms with Gasteiger partial charge in [0.1, 0.15) is 0 Å². The Labute approximate surface area is 191 Å². The number of amides is 3. The summed E-state index contributed by atoms with van der Waals surface area (Å²) in [6.07, 6.45) is 5.49. The third-order valence-electron chi connectivity index (χ3n) is 6.39. The molecule has 2 fully saturated rings. The van der Waals surface area contributed by atoms with Gasteiger partial charge in [-0.15, -0.1) is 0 Å². The van der Waals surface area contributed by atoms with Crippen LogP contribution in [0.15, 0.2) is 18.2 Å². The smallest absolute Gasteiger partial charge is 0.233 e. The normalized spacial score (nSPS) is 20.3. The molecule has 3 rings (SSSR count). The highest BCUT2D eigenvalue weighted by Gasteiger charge is 2.47. The van der Waals surface area contributed by atoms with Crippen LogP contribution in [-0.2, 0) is 20.9 Å². The summed E-state index contributed by atoms with van der Waals surface area (Å²) in [4.78, 5) is 41.5. The van der Waals surface area contributed by atoms with Crippen LogP contribution in [0.3, 0.4) is 0 Å². The number of carbonyl (C=O) groups is 3. The van der Waals surface area contributed by atoms with Gasteiger partial charge in [-0.1, -0.05) is 32.8 Å². The number of benzene rings is 1. The summed E-state index contributed by atoms with van der Waals surface area (Å²) >= 11 is 0. The highest BCUT2D eigenvalue weighted by Crippen LogP contribution is 2.38. The average molecular weight is 445 g/mol. The van der Waals surface area contributed by atoms with E-state index in [-0.39, 0.29) is 42.5 Å². The van der Waals surface area contributed by atoms with Crippen LogP contribution in [0.1, 0.15) is 64.4 Å². The fourth-order valence-electron chi connectivity index (χ4n) is 4.74. The molecule has 1 aliphatic heterocycles. The molecule has 2 aliphatic rings. The van der Waals surface area contributed by atoms with Crippen molar-refractivity contribution in [2.75, 3.05) is 26.8 Å². The third kappa shape index (κ3) is 5.43. The van der Waals surface area contributed by atoms with Gasteiger partial charge in [0.15, 0.2) is 11.5 Å². The van der Waals surface area contributed by atoms with E-state index in [2.05, 4.69) is 0 Å². The van der Waals surface area contributed by atoms with E-state index in [1.165, 1.54) is 4.90 Å². The van der Waals surface area contributed by atoms with Gasteiger partial charge in [-0.3, -0.25) is 19.3 Å². The zero-order valence-electron chi connectivity index (χ0n) is 19.6. The van der Waals surface area contributed by atoms with E-state index in [1.54, 1.807) is 12.0 Å². The molecule has 2 atom stereocenters. The lowest BCUT2D eigenvalue weighted by Crippen LogP contribution is -2.37. The standard InChI is InChI=1S/C25H36N2O5/c1-4-13-26(17-18-10-11-21(32-15-5-2)22(16-18)31-3)23(28)12-14-27-24(29)19-8-6-7-9-20(19)25(27)30/h10-11,16,19-20H,4-9,12-15,17H2,1-3H3. The van der Waals surface area contributed by atoms with E-state index in [0.717, 1.165) is 44.1 Å². The lowest BCUT2D eigenvalue weighted by atomic mass is 9.81. The topological polar surface area (TPSA) is 76.2 Å². The van der Waals surface area contributed by atoms with Crippen LogP contribution in [0, 0.1) is 11.8 Å². The molecule has 1 aliphatic carbocycles. The van der Waals surface area contributed by atoms with Crippen LogP contribution in [0.25, 0.3) is 0 Å². The first-order valence-electron chi connectivity index (χ1n) is 11.9. The summed E-state index contributed by atoms with van der Waals surface area (Å²) in [6.45, 7) is 5.93. The van der Waals surface area contributed by atoms with E-state index in [4.69, 9.17) is 9.47 Å². The number of nitrogens with zero attached hydrogens (tertiary/aromatic N) is 2. The molecule has 0 bridgehead atoms. The van der Waals surface area contributed by atoms with E-state index in [0.29, 0.717) is 31.2 Å². The van der Waals surface area contributed by atoms with Gasteiger partial charge in [0.25, 0.3) is 0 Å². The minimum Gasteiger partial charge on any atom is -0.493 e. The molecule has 3 amide bonds. The van der Waals surface area contributed by atoms with Crippen LogP contribution in [0.2, 0.25) is 0 Å². The molecule has 176 valence electrons. The van der Waals surface area contributed by atoms with Crippen LogP contribution in [0.5, 0.6) is 11.5 Å². The third-order valence-corrected chi connectivity index (χ3v) is 6.39. The fourth-order valence-corrected chi connectivity index (χ4v) is 4.74. The number of hydrogen-bond acceptors (Lipinski definition) is 5. The number of likely N-dealkylation sites (tertiary alicyclic amines) is 1. The Bertz CT molecular complexity index is 801. The van der Waals surface area contributed by atoms with E-state index in [9.17, 15) is 14.4 Å². The maximum Gasteiger partial charge on any atom is 0.233 e. The van der Waals surface area contributed by atoms with Crippen LogP contribution >= 0.6 is 0 Å². The summed E-state index contributed by atoms with van der Waals surface area (Å²) in [6, 6.07) is 5.72. The molecule has 1 saturated carbocycles. The SMILES string of the molecule is CCCOc1ccc(CN(CCC)C(=O)CCN2C(=O)C3CCCCC3C2=O)cc1OC. The first kappa shape index (κ1) is 24.1. The first-order chi connectivity index (χ1) is 15.5. The number of rotatable bonds is 11. The zero-order chi connectivity index (χ0) is 23.1. The van der Waals surface area contributed by atoms with Crippen molar-refractivity contribution in [3.8, 4) is 11.5 Å². The summed E-state index contributed by atoms with van der Waals surface area (Å²) in [5, 5.41) is 0. The van der Waals surface area contributed by atoms with E-state index < -0.39 is 0 Å². The summed E-state index contributed by atoms with van der Waals surface area (Å²) in [7, 11) is 1.61. The molecule has 2 unspecified atom stereocenters. The molecule has 1 saturated heterocycles. The predicted octanol–water partition coefficient (Wildman–Crippen LogP) is 3.79. The molecule has 0 spiro atoms. The second-order valence-electron chi connectivity index (χ2n) is 8.72. The van der Waals surface area contributed by atoms with Crippen molar-refractivity contribution >= 4 is 17.7 Å². The second-order valence-corrected chi connectivity index (χ2v) is 8.72. The Morgan fingerprint density at radius 3 is 2.34 bits per heavy atom. The quantitative estimate of drug-likeness (QED) is 0.486. The summed E-state index contributed by atoms with van der Waals surface area (Å²) < 4.78 is 11.2. The Kier molecular flexibility index (Phi) is 8.53. The van der Waals surface area contributed by atoms with Crippen molar-refractivity contribution in [1.82, 2.24) is 9.80 Å². The Balaban J connectivity index is 1.62. The number of hydrogen-bond donors (Lipinski definition) is 0. The molecular formula is C25H36N2O5. The first-order valence-corrected chi connectivity index (χ1v) is 11.9. The van der Waals surface area contributed by atoms with Crippen molar-refractivity contribution in [2.24, 2.45) is 11.8 Å². The van der Waals surface area contributed by atoms with Gasteiger partial charge in [-0.2, -0.15) is 0 Å². The van der Waals surface area contributed by atoms with E-state index >= 15 is 0 Å². The van der Waals surface area contributed by atoms with Crippen LogP contribution in [-0.4, -0.2) is 54.3 Å². The van der Waals surface area contributed by atoms with Gasteiger partial charge >= 0.3 is 0 Å². The summed E-state index contributed by atoms with van der Waals surface area (Å²) in [5.41, 5.74) is 0.951. The molecule has 0 aromatic heterocycles. The van der Waals surface area contributed by atoms with Crippen LogP contribution in [0.4, 0.5) is 0 Å². The van der Waals surface area contributed by atoms with Gasteiger partial charge in [-0.25, -0.2) is 0 Å². The molecule has 7 heteroatoms. The zero-order valence-corrected chi connectivity index (χ0v) is 19.6. The Morgan fingerprint density at radius 2 is 1.75 bits per heavy atom. The molecule has 1 heterocycles. The number of fused-ring (bicyclic) bond motifs is 1. The van der Waals surface area contributed by atoms with Gasteiger partial charge in [0, 0.05) is 26.1 Å². The monoisotopic (exact) mass is 444 g/mol. The number of ether oxygens (including phenoxy) is 2. The van der Waals surface area contributed by atoms with E-state index in [1.807, 2.05) is 32.0 Å². The van der Waals surface area contributed by atoms with Gasteiger partial charge in [0.05, 0.1) is 25.6 Å². The largest absolute Gasteiger partial charge is 0.493 e. The Morgan fingerprint density at radius 1 is 1.06 bits per heavy atom. The minimum atomic E-state index is -0.168. The van der Waals surface area contributed by atoms with Crippen molar-refractivity contribution in [3.05, 3.63) is 23.8 Å². The number of imide groups is 1. The van der Waals surface area contributed by atoms with Crippen molar-refractivity contribution in [3.63, 3.8) is 0 Å². The highest BCUT2D eigenvalue weighted by molar-refractivity contribution is 6.05. The molecule has 0 radical (unpaired) electrons. The maximum absolute atomic E-state index is 13.0. The van der Waals surface area contributed by atoms with Crippen molar-refractivity contribution < 1.29 is 23.9 Å². The van der Waals surface area contributed by atoms with Gasteiger partial charge in [-0.05, 0) is 43.4 Å². The highest BCUT2D eigenvalue weighted by atomic mass is 16.5. The van der Waals surface area contributed by atoms with Crippen LogP contribution < -0.4 is 9.47 Å². The van der Waals surface area contributed by atoms with Gasteiger partial charge < -0.3 is 14.4 Å². The number of methoxy groups -OCH3 is 1.